The van der Waals surface area contributed by atoms with Gasteiger partial charge in [-0.25, -0.2) is 4.79 Å². The Morgan fingerprint density at radius 3 is 2.25 bits per heavy atom. The van der Waals surface area contributed by atoms with E-state index in [0.29, 0.717) is 12.8 Å². The van der Waals surface area contributed by atoms with Crippen molar-refractivity contribution in [2.24, 2.45) is 17.3 Å². The van der Waals surface area contributed by atoms with Gasteiger partial charge in [0.05, 0.1) is 20.1 Å². The molecule has 0 aromatic rings. The van der Waals surface area contributed by atoms with Gasteiger partial charge in [0.25, 0.3) is 0 Å². The summed E-state index contributed by atoms with van der Waals surface area (Å²) in [6.07, 6.45) is 1.12. The Hall–Kier alpha value is -1.59. The number of carbonyl (C=O) groups is 3. The van der Waals surface area contributed by atoms with Crippen molar-refractivity contribution < 1.29 is 23.9 Å². The summed E-state index contributed by atoms with van der Waals surface area (Å²) in [7, 11) is 2.67. The fourth-order valence-corrected chi connectivity index (χ4v) is 2.84. The summed E-state index contributed by atoms with van der Waals surface area (Å²) in [5.41, 5.74) is -0.252. The summed E-state index contributed by atoms with van der Waals surface area (Å²) < 4.78 is 9.48. The highest BCUT2D eigenvalue weighted by Crippen LogP contribution is 2.53. The highest BCUT2D eigenvalue weighted by atomic mass is 16.5. The average Bonchev–Trinajstić information content (AvgIpc) is 2.39. The Labute approximate surface area is 119 Å². The molecule has 1 rings (SSSR count). The molecular formula is C14H23NO5. The van der Waals surface area contributed by atoms with Crippen molar-refractivity contribution in [1.82, 2.24) is 5.32 Å². The van der Waals surface area contributed by atoms with Crippen LogP contribution in [0.2, 0.25) is 0 Å². The molecule has 1 fully saturated rings. The number of ether oxygens (including phenoxy) is 2. The van der Waals surface area contributed by atoms with Crippen molar-refractivity contribution in [3.63, 3.8) is 0 Å². The van der Waals surface area contributed by atoms with E-state index < -0.39 is 12.0 Å². The van der Waals surface area contributed by atoms with Crippen molar-refractivity contribution >= 4 is 17.8 Å². The van der Waals surface area contributed by atoms with Crippen molar-refractivity contribution in [1.29, 1.82) is 0 Å². The molecule has 0 spiro atoms. The smallest absolute Gasteiger partial charge is 0.328 e. The van der Waals surface area contributed by atoms with Gasteiger partial charge < -0.3 is 14.8 Å². The lowest BCUT2D eigenvalue weighted by Gasteiger charge is -2.51. The number of nitrogens with one attached hydrogen (secondary N) is 1. The number of rotatable bonds is 5. The maximum atomic E-state index is 11.7. The van der Waals surface area contributed by atoms with Gasteiger partial charge in [-0.15, -0.1) is 0 Å². The van der Waals surface area contributed by atoms with Crippen LogP contribution in [0.25, 0.3) is 0 Å². The van der Waals surface area contributed by atoms with E-state index in [1.165, 1.54) is 21.1 Å². The second-order valence-electron chi connectivity index (χ2n) is 5.84. The molecule has 0 saturated heterocycles. The van der Waals surface area contributed by atoms with Crippen LogP contribution in [0.4, 0.5) is 0 Å². The van der Waals surface area contributed by atoms with Crippen LogP contribution in [0.1, 0.15) is 33.6 Å². The van der Waals surface area contributed by atoms with Gasteiger partial charge in [0, 0.05) is 6.92 Å². The van der Waals surface area contributed by atoms with Crippen LogP contribution in [-0.2, 0) is 23.9 Å². The molecule has 0 aromatic carbocycles. The van der Waals surface area contributed by atoms with Gasteiger partial charge in [0.15, 0.2) is 0 Å². The van der Waals surface area contributed by atoms with Crippen molar-refractivity contribution in [3.05, 3.63) is 0 Å². The van der Waals surface area contributed by atoms with Crippen LogP contribution < -0.4 is 5.32 Å². The van der Waals surface area contributed by atoms with E-state index in [0.717, 1.165) is 0 Å². The SMILES string of the molecule is COC(=O)[C@H]1C[C@@H](C[C@@H](NC(C)=O)C(=O)OC)C1(C)C. The largest absolute Gasteiger partial charge is 0.469 e. The fourth-order valence-electron chi connectivity index (χ4n) is 2.84. The van der Waals surface area contributed by atoms with Crippen LogP contribution in [0, 0.1) is 17.3 Å². The topological polar surface area (TPSA) is 81.7 Å². The first-order valence-electron chi connectivity index (χ1n) is 6.66. The Balaban J connectivity index is 2.70. The Morgan fingerprint density at radius 1 is 1.25 bits per heavy atom. The molecule has 20 heavy (non-hydrogen) atoms. The first-order valence-corrected chi connectivity index (χ1v) is 6.66. The maximum absolute atomic E-state index is 11.7. The van der Waals surface area contributed by atoms with Crippen LogP contribution in [-0.4, -0.2) is 38.1 Å². The quantitative estimate of drug-likeness (QED) is 0.759. The predicted molar refractivity (Wildman–Crippen MR) is 71.6 cm³/mol. The molecule has 0 unspecified atom stereocenters. The second-order valence-corrected chi connectivity index (χ2v) is 5.84. The van der Waals surface area contributed by atoms with E-state index in [1.807, 2.05) is 13.8 Å². The lowest BCUT2D eigenvalue weighted by atomic mass is 9.53. The van der Waals surface area contributed by atoms with Crippen molar-refractivity contribution in [2.45, 2.75) is 39.7 Å². The first-order chi connectivity index (χ1) is 9.23. The summed E-state index contributed by atoms with van der Waals surface area (Å²) in [4.78, 5) is 34.5. The van der Waals surface area contributed by atoms with E-state index in [2.05, 4.69) is 5.32 Å². The van der Waals surface area contributed by atoms with E-state index in [-0.39, 0.29) is 29.1 Å². The lowest BCUT2D eigenvalue weighted by Crippen LogP contribution is -2.53. The predicted octanol–water partition coefficient (Wildman–Crippen LogP) is 0.889. The zero-order valence-corrected chi connectivity index (χ0v) is 12.7. The Morgan fingerprint density at radius 2 is 1.85 bits per heavy atom. The first kappa shape index (κ1) is 16.5. The second kappa shape index (κ2) is 6.24. The number of carbonyl (C=O) groups excluding carboxylic acids is 3. The summed E-state index contributed by atoms with van der Waals surface area (Å²) >= 11 is 0. The fraction of sp³-hybridized carbons (Fsp3) is 0.786. The number of esters is 2. The van der Waals surface area contributed by atoms with E-state index >= 15 is 0 Å². The molecule has 1 N–H and O–H groups in total. The summed E-state index contributed by atoms with van der Waals surface area (Å²) in [6.45, 7) is 5.31. The van der Waals surface area contributed by atoms with Gasteiger partial charge in [-0.3, -0.25) is 9.59 Å². The molecule has 1 amide bonds. The molecule has 3 atom stereocenters. The van der Waals surface area contributed by atoms with Gasteiger partial charge >= 0.3 is 11.9 Å². The average molecular weight is 285 g/mol. The highest BCUT2D eigenvalue weighted by molar-refractivity contribution is 5.83. The molecule has 0 heterocycles. The minimum atomic E-state index is -0.666. The van der Waals surface area contributed by atoms with Gasteiger partial charge in [-0.05, 0) is 24.2 Å². The molecule has 0 bridgehead atoms. The third-order valence-electron chi connectivity index (χ3n) is 4.34. The third kappa shape index (κ3) is 3.29. The normalized spacial score (nSPS) is 25.1. The van der Waals surface area contributed by atoms with E-state index in [4.69, 9.17) is 9.47 Å². The van der Waals surface area contributed by atoms with Crippen LogP contribution in [0.15, 0.2) is 0 Å². The lowest BCUT2D eigenvalue weighted by molar-refractivity contribution is -0.164. The summed E-state index contributed by atoms with van der Waals surface area (Å²) in [5.74, 6) is -0.962. The molecule has 0 radical (unpaired) electrons. The van der Waals surface area contributed by atoms with Gasteiger partial charge in [0.1, 0.15) is 6.04 Å². The van der Waals surface area contributed by atoms with Crippen molar-refractivity contribution in [3.8, 4) is 0 Å². The molecule has 114 valence electrons. The van der Waals surface area contributed by atoms with Gasteiger partial charge in [-0.1, -0.05) is 13.8 Å². The van der Waals surface area contributed by atoms with Crippen LogP contribution >= 0.6 is 0 Å². The highest BCUT2D eigenvalue weighted by Gasteiger charge is 2.53. The molecule has 1 saturated carbocycles. The monoisotopic (exact) mass is 285 g/mol. The zero-order chi connectivity index (χ0) is 15.5. The molecule has 1 aliphatic carbocycles. The maximum Gasteiger partial charge on any atom is 0.328 e. The number of hydrogen-bond acceptors (Lipinski definition) is 5. The minimum absolute atomic E-state index is 0.155. The van der Waals surface area contributed by atoms with Crippen LogP contribution in [0.5, 0.6) is 0 Å². The number of amides is 1. The number of methoxy groups -OCH3 is 2. The van der Waals surface area contributed by atoms with Crippen molar-refractivity contribution in [2.75, 3.05) is 14.2 Å². The summed E-state index contributed by atoms with van der Waals surface area (Å²) in [6, 6.07) is -0.666. The zero-order valence-electron chi connectivity index (χ0n) is 12.7. The minimum Gasteiger partial charge on any atom is -0.469 e. The van der Waals surface area contributed by atoms with Crippen LogP contribution in [0.3, 0.4) is 0 Å². The molecule has 6 nitrogen and oxygen atoms in total. The van der Waals surface area contributed by atoms with Gasteiger partial charge in [0.2, 0.25) is 5.91 Å². The summed E-state index contributed by atoms with van der Waals surface area (Å²) in [5, 5.41) is 2.60. The van der Waals surface area contributed by atoms with E-state index in [1.54, 1.807) is 0 Å². The standard InChI is InChI=1S/C14H23NO5/c1-8(16)15-11(13(18)20-5)7-9-6-10(12(17)19-4)14(9,2)3/h9-11H,6-7H2,1-5H3,(H,15,16)/t9-,10+,11+/m0/s1. The molecule has 6 heteroatoms. The molecule has 1 aliphatic rings. The Kier molecular flexibility index (Phi) is 5.14. The van der Waals surface area contributed by atoms with E-state index in [9.17, 15) is 14.4 Å². The molecular weight excluding hydrogens is 262 g/mol. The number of hydrogen-bond donors (Lipinski definition) is 1. The Bertz CT molecular complexity index is 404. The molecule has 0 aliphatic heterocycles. The molecule has 0 aromatic heterocycles. The van der Waals surface area contributed by atoms with Gasteiger partial charge in [-0.2, -0.15) is 0 Å². The third-order valence-corrected chi connectivity index (χ3v) is 4.34.